The summed E-state index contributed by atoms with van der Waals surface area (Å²) in [5.74, 6) is -2.52. The first-order valence-corrected chi connectivity index (χ1v) is 6.90. The third-order valence-electron chi connectivity index (χ3n) is 2.67. The van der Waals surface area contributed by atoms with Crippen LogP contribution in [0.1, 0.15) is 19.3 Å². The van der Waals surface area contributed by atoms with Gasteiger partial charge in [0.2, 0.25) is 17.7 Å². The highest BCUT2D eigenvalue weighted by atomic mass is 35.5. The highest BCUT2D eigenvalue weighted by Crippen LogP contribution is 2.19. The number of hydrogen-bond donors (Lipinski definition) is 4. The van der Waals surface area contributed by atoms with Crippen molar-refractivity contribution in [3.63, 3.8) is 0 Å². The van der Waals surface area contributed by atoms with Crippen molar-refractivity contribution in [1.29, 1.82) is 0 Å². The first kappa shape index (κ1) is 17.1. The van der Waals surface area contributed by atoms with Crippen molar-refractivity contribution in [2.24, 2.45) is 5.73 Å². The normalized spacial score (nSPS) is 11.9. The van der Waals surface area contributed by atoms with Gasteiger partial charge in [-0.2, -0.15) is 0 Å². The first-order valence-electron chi connectivity index (χ1n) is 6.36. The quantitative estimate of drug-likeness (QED) is 0.385. The van der Waals surface area contributed by atoms with E-state index in [1.807, 2.05) is 0 Å². The second-order valence-electron chi connectivity index (χ2n) is 4.29. The lowest BCUT2D eigenvalue weighted by Crippen LogP contribution is -2.45. The predicted octanol–water partition coefficient (Wildman–Crippen LogP) is -0.293. The second kappa shape index (κ2) is 8.38. The zero-order valence-corrected chi connectivity index (χ0v) is 12.0. The summed E-state index contributed by atoms with van der Waals surface area (Å²) >= 11 is 5.39. The fourth-order valence-electron chi connectivity index (χ4n) is 1.62. The Morgan fingerprint density at radius 1 is 1.33 bits per heavy atom. The van der Waals surface area contributed by atoms with E-state index in [0.717, 1.165) is 12.1 Å². The summed E-state index contributed by atoms with van der Waals surface area (Å²) in [6.07, 6.45) is 1.59. The van der Waals surface area contributed by atoms with E-state index in [-0.39, 0.29) is 5.88 Å². The maximum Gasteiger partial charge on any atom is 0.355 e. The molecule has 0 aromatic carbocycles. The third-order valence-corrected chi connectivity index (χ3v) is 2.91. The van der Waals surface area contributed by atoms with Crippen molar-refractivity contribution in [1.82, 2.24) is 10.0 Å². The summed E-state index contributed by atoms with van der Waals surface area (Å²) in [6, 6.07) is 1.37. The molecule has 0 spiro atoms. The molecular weight excluding hydrogens is 302 g/mol. The Hall–Kier alpha value is -1.93. The number of aromatic hydroxyl groups is 2. The zero-order valence-electron chi connectivity index (χ0n) is 11.3. The van der Waals surface area contributed by atoms with E-state index in [9.17, 15) is 19.8 Å². The molecule has 21 heavy (non-hydrogen) atoms. The fraction of sp³-hybridized carbons (Fsp3) is 0.500. The van der Waals surface area contributed by atoms with Crippen molar-refractivity contribution in [3.05, 3.63) is 12.1 Å². The molecule has 0 radical (unpaired) electrons. The number of nitrogens with zero attached hydrogens (tertiary/aromatic N) is 1. The van der Waals surface area contributed by atoms with E-state index in [2.05, 4.69) is 5.32 Å². The molecule has 5 N–H and O–H groups in total. The zero-order chi connectivity index (χ0) is 15.8. The van der Waals surface area contributed by atoms with Gasteiger partial charge in [0.05, 0.1) is 0 Å². The van der Waals surface area contributed by atoms with Crippen LogP contribution >= 0.6 is 11.6 Å². The van der Waals surface area contributed by atoms with E-state index in [4.69, 9.17) is 22.2 Å². The number of halogens is 1. The number of nitrogens with one attached hydrogen (secondary N) is 1. The van der Waals surface area contributed by atoms with Gasteiger partial charge in [0.25, 0.3) is 0 Å². The lowest BCUT2D eigenvalue weighted by molar-refractivity contribution is -0.149. The third kappa shape index (κ3) is 5.16. The van der Waals surface area contributed by atoms with Gasteiger partial charge in [-0.25, -0.2) is 4.79 Å². The van der Waals surface area contributed by atoms with Gasteiger partial charge in [-0.05, 0) is 25.8 Å². The van der Waals surface area contributed by atoms with E-state index >= 15 is 0 Å². The molecule has 9 heteroatoms. The summed E-state index contributed by atoms with van der Waals surface area (Å²) in [7, 11) is 0. The van der Waals surface area contributed by atoms with Crippen molar-refractivity contribution in [3.8, 4) is 11.8 Å². The van der Waals surface area contributed by atoms with Gasteiger partial charge in [-0.1, -0.05) is 0 Å². The van der Waals surface area contributed by atoms with Crippen LogP contribution in [-0.2, 0) is 9.59 Å². The molecule has 0 fully saturated rings. The number of aromatic nitrogens is 1. The van der Waals surface area contributed by atoms with Crippen molar-refractivity contribution >= 4 is 23.5 Å². The Kier molecular flexibility index (Phi) is 6.83. The monoisotopic (exact) mass is 319 g/mol. The van der Waals surface area contributed by atoms with Crippen LogP contribution in [0.2, 0.25) is 0 Å². The fourth-order valence-corrected chi connectivity index (χ4v) is 1.70. The minimum atomic E-state index is -0.941. The molecule has 1 atom stereocenters. The number of rotatable bonds is 8. The highest BCUT2D eigenvalue weighted by molar-refractivity contribution is 6.27. The molecular formula is C12H18ClN3O5. The number of carbonyl (C=O) groups is 2. The van der Waals surface area contributed by atoms with Crippen LogP contribution in [0.3, 0.4) is 0 Å². The number of carbonyl (C=O) groups excluding carboxylic acids is 2. The number of unbranched alkanes of at least 4 members (excludes halogenated alkanes) is 1. The Balaban J connectivity index is 2.71. The molecule has 8 nitrogen and oxygen atoms in total. The average molecular weight is 320 g/mol. The maximum atomic E-state index is 12.0. The molecule has 0 aliphatic rings. The molecule has 1 aromatic rings. The van der Waals surface area contributed by atoms with E-state index < -0.39 is 29.7 Å². The van der Waals surface area contributed by atoms with Crippen LogP contribution in [0, 0.1) is 0 Å². The Morgan fingerprint density at radius 3 is 2.48 bits per heavy atom. The minimum Gasteiger partial charge on any atom is -0.492 e. The van der Waals surface area contributed by atoms with Crippen LogP contribution in [0.25, 0.3) is 0 Å². The van der Waals surface area contributed by atoms with Gasteiger partial charge in [0.15, 0.2) is 0 Å². The van der Waals surface area contributed by atoms with E-state index in [1.54, 1.807) is 0 Å². The van der Waals surface area contributed by atoms with Crippen molar-refractivity contribution in [2.75, 3.05) is 12.4 Å². The topological polar surface area (TPSA) is 127 Å². The van der Waals surface area contributed by atoms with Crippen LogP contribution in [0.15, 0.2) is 12.1 Å². The molecule has 0 aliphatic heterocycles. The van der Waals surface area contributed by atoms with Crippen molar-refractivity contribution < 1.29 is 24.6 Å². The van der Waals surface area contributed by atoms with Crippen LogP contribution in [-0.4, -0.2) is 45.3 Å². The summed E-state index contributed by atoms with van der Waals surface area (Å²) in [5.41, 5.74) is 5.37. The summed E-state index contributed by atoms with van der Waals surface area (Å²) < 4.78 is 0.561. The average Bonchev–Trinajstić information content (AvgIpc) is 2.77. The maximum absolute atomic E-state index is 12.0. The number of alkyl halides is 1. The van der Waals surface area contributed by atoms with Crippen molar-refractivity contribution in [2.45, 2.75) is 25.3 Å². The van der Waals surface area contributed by atoms with Gasteiger partial charge >= 0.3 is 5.97 Å². The second-order valence-corrected chi connectivity index (χ2v) is 4.56. The standard InChI is InChI=1S/C12H18ClN3O5/c13-7-9(17)15-8(3-1-2-6-14)12(20)21-16-10(18)4-5-11(16)19/h4-5,8,18-19H,1-3,6-7,14H2,(H,15,17)/t8-/m0/s1. The molecule has 0 saturated carbocycles. The molecule has 118 valence electrons. The molecule has 0 aliphatic carbocycles. The molecule has 1 aromatic heterocycles. The molecule has 1 amide bonds. The molecule has 1 heterocycles. The SMILES string of the molecule is NCCCC[C@H](NC(=O)CCl)C(=O)On1c(O)ccc1O. The van der Waals surface area contributed by atoms with E-state index in [1.165, 1.54) is 0 Å². The van der Waals surface area contributed by atoms with Crippen LogP contribution in [0.5, 0.6) is 11.8 Å². The smallest absolute Gasteiger partial charge is 0.355 e. The number of nitrogens with two attached hydrogens (primary N) is 1. The first-order chi connectivity index (χ1) is 9.99. The molecule has 0 unspecified atom stereocenters. The van der Waals surface area contributed by atoms with Gasteiger partial charge in [-0.15, -0.1) is 16.3 Å². The van der Waals surface area contributed by atoms with Crippen LogP contribution in [0.4, 0.5) is 0 Å². The lowest BCUT2D eigenvalue weighted by Gasteiger charge is -2.17. The largest absolute Gasteiger partial charge is 0.492 e. The summed E-state index contributed by atoms with van der Waals surface area (Å²) in [5, 5.41) is 21.2. The number of hydrogen-bond acceptors (Lipinski definition) is 6. The minimum absolute atomic E-state index is 0.291. The lowest BCUT2D eigenvalue weighted by atomic mass is 10.1. The van der Waals surface area contributed by atoms with Crippen LogP contribution < -0.4 is 15.9 Å². The Morgan fingerprint density at radius 2 is 1.95 bits per heavy atom. The van der Waals surface area contributed by atoms with Gasteiger partial charge < -0.3 is 26.1 Å². The number of amides is 1. The molecule has 1 rings (SSSR count). The predicted molar refractivity (Wildman–Crippen MR) is 74.9 cm³/mol. The molecule has 0 saturated heterocycles. The molecule has 0 bridgehead atoms. The summed E-state index contributed by atoms with van der Waals surface area (Å²) in [6.45, 7) is 0.463. The van der Waals surface area contributed by atoms with Gasteiger partial charge in [0, 0.05) is 12.1 Å². The Labute approximate surface area is 126 Å². The van der Waals surface area contributed by atoms with E-state index in [0.29, 0.717) is 30.5 Å². The highest BCUT2D eigenvalue weighted by Gasteiger charge is 2.24. The van der Waals surface area contributed by atoms with Gasteiger partial charge in [0.1, 0.15) is 11.9 Å². The summed E-state index contributed by atoms with van der Waals surface area (Å²) in [4.78, 5) is 28.2. The Bertz CT molecular complexity index is 472. The van der Waals surface area contributed by atoms with Gasteiger partial charge in [-0.3, -0.25) is 4.79 Å².